The number of rotatable bonds is 7. The van der Waals surface area contributed by atoms with Crippen LogP contribution < -0.4 is 10.6 Å². The van der Waals surface area contributed by atoms with Gasteiger partial charge in [-0.3, -0.25) is 14.6 Å². The highest BCUT2D eigenvalue weighted by molar-refractivity contribution is 5.97. The molecule has 27 heavy (non-hydrogen) atoms. The van der Waals surface area contributed by atoms with E-state index in [1.807, 2.05) is 18.2 Å². The molecular formula is C22H27N3O2. The summed E-state index contributed by atoms with van der Waals surface area (Å²) in [6.07, 6.45) is 7.84. The fourth-order valence-electron chi connectivity index (χ4n) is 3.56. The molecule has 0 aliphatic heterocycles. The predicted molar refractivity (Wildman–Crippen MR) is 107 cm³/mol. The summed E-state index contributed by atoms with van der Waals surface area (Å²) in [4.78, 5) is 29.4. The number of carbonyl (C=O) groups excluding carboxylic acids is 2. The van der Waals surface area contributed by atoms with E-state index in [1.165, 1.54) is 12.8 Å². The first-order chi connectivity index (χ1) is 13.2. The maximum absolute atomic E-state index is 12.7. The van der Waals surface area contributed by atoms with Crippen molar-refractivity contribution in [3.05, 3.63) is 59.9 Å². The molecular weight excluding hydrogens is 338 g/mol. The van der Waals surface area contributed by atoms with E-state index in [1.54, 1.807) is 30.5 Å². The molecule has 0 radical (unpaired) electrons. The summed E-state index contributed by atoms with van der Waals surface area (Å²) >= 11 is 0. The second-order valence-corrected chi connectivity index (χ2v) is 7.12. The molecule has 1 aromatic heterocycles. The number of nitrogens with zero attached hydrogens (tertiary/aromatic N) is 1. The van der Waals surface area contributed by atoms with Gasteiger partial charge >= 0.3 is 0 Å². The molecule has 1 fully saturated rings. The predicted octanol–water partition coefficient (Wildman–Crippen LogP) is 4.28. The summed E-state index contributed by atoms with van der Waals surface area (Å²) < 4.78 is 0. The van der Waals surface area contributed by atoms with Gasteiger partial charge in [0, 0.05) is 23.5 Å². The summed E-state index contributed by atoms with van der Waals surface area (Å²) in [6, 6.07) is 13.0. The van der Waals surface area contributed by atoms with Crippen molar-refractivity contribution in [2.45, 2.75) is 57.4 Å². The maximum Gasteiger partial charge on any atom is 0.251 e. The molecule has 1 saturated carbocycles. The average Bonchev–Trinajstić information content (AvgIpc) is 3.20. The number of anilines is 1. The van der Waals surface area contributed by atoms with Crippen LogP contribution in [0, 0.1) is 0 Å². The zero-order chi connectivity index (χ0) is 19.1. The number of carbonyl (C=O) groups is 2. The summed E-state index contributed by atoms with van der Waals surface area (Å²) in [5.74, 6) is -0.391. The van der Waals surface area contributed by atoms with E-state index in [0.29, 0.717) is 17.3 Å². The van der Waals surface area contributed by atoms with Gasteiger partial charge < -0.3 is 10.6 Å². The molecule has 1 aliphatic carbocycles. The number of hydrogen-bond acceptors (Lipinski definition) is 3. The Morgan fingerprint density at radius 2 is 1.85 bits per heavy atom. The second-order valence-electron chi connectivity index (χ2n) is 7.12. The molecule has 5 nitrogen and oxygen atoms in total. The van der Waals surface area contributed by atoms with Gasteiger partial charge in [0.05, 0.1) is 11.6 Å². The average molecular weight is 365 g/mol. The van der Waals surface area contributed by atoms with Crippen LogP contribution in [0.2, 0.25) is 0 Å². The van der Waals surface area contributed by atoms with Crippen molar-refractivity contribution in [3.8, 4) is 0 Å². The van der Waals surface area contributed by atoms with Gasteiger partial charge in [0.2, 0.25) is 5.91 Å². The SMILES string of the molecule is CCCC(C(=O)Nc1ccc(C(=O)NC2CCCC2)cc1)c1ccccn1. The van der Waals surface area contributed by atoms with Crippen LogP contribution in [-0.4, -0.2) is 22.8 Å². The van der Waals surface area contributed by atoms with E-state index in [9.17, 15) is 9.59 Å². The quantitative estimate of drug-likeness (QED) is 0.769. The van der Waals surface area contributed by atoms with Gasteiger partial charge in [-0.15, -0.1) is 0 Å². The van der Waals surface area contributed by atoms with Crippen LogP contribution in [0.5, 0.6) is 0 Å². The van der Waals surface area contributed by atoms with Crippen molar-refractivity contribution < 1.29 is 9.59 Å². The van der Waals surface area contributed by atoms with Crippen molar-refractivity contribution in [1.29, 1.82) is 0 Å². The van der Waals surface area contributed by atoms with E-state index < -0.39 is 0 Å². The molecule has 0 bridgehead atoms. The number of aromatic nitrogens is 1. The first-order valence-corrected chi connectivity index (χ1v) is 9.80. The Labute approximate surface area is 160 Å². The Balaban J connectivity index is 1.62. The van der Waals surface area contributed by atoms with Crippen molar-refractivity contribution in [2.75, 3.05) is 5.32 Å². The first kappa shape index (κ1) is 19.1. The Bertz CT molecular complexity index is 753. The van der Waals surface area contributed by atoms with Gasteiger partial charge in [-0.2, -0.15) is 0 Å². The van der Waals surface area contributed by atoms with Crippen LogP contribution in [0.25, 0.3) is 0 Å². The van der Waals surface area contributed by atoms with Gasteiger partial charge in [-0.1, -0.05) is 32.3 Å². The molecule has 5 heteroatoms. The monoisotopic (exact) mass is 365 g/mol. The molecule has 0 spiro atoms. The van der Waals surface area contributed by atoms with Crippen molar-refractivity contribution in [1.82, 2.24) is 10.3 Å². The van der Waals surface area contributed by atoms with Gasteiger partial charge in [0.15, 0.2) is 0 Å². The van der Waals surface area contributed by atoms with E-state index in [-0.39, 0.29) is 17.7 Å². The second kappa shape index (κ2) is 9.31. The van der Waals surface area contributed by atoms with Crippen LogP contribution in [0.15, 0.2) is 48.7 Å². The zero-order valence-electron chi connectivity index (χ0n) is 15.8. The summed E-state index contributed by atoms with van der Waals surface area (Å²) in [6.45, 7) is 2.06. The number of pyridine rings is 1. The van der Waals surface area contributed by atoms with Crippen molar-refractivity contribution >= 4 is 17.5 Å². The number of nitrogens with one attached hydrogen (secondary N) is 2. The van der Waals surface area contributed by atoms with E-state index in [4.69, 9.17) is 0 Å². The first-order valence-electron chi connectivity index (χ1n) is 9.80. The normalized spacial score (nSPS) is 15.3. The minimum atomic E-state index is -0.276. The lowest BCUT2D eigenvalue weighted by Crippen LogP contribution is -2.32. The molecule has 0 saturated heterocycles. The zero-order valence-corrected chi connectivity index (χ0v) is 15.8. The van der Waals surface area contributed by atoms with Crippen LogP contribution in [0.1, 0.15) is 67.4 Å². The summed E-state index contributed by atoms with van der Waals surface area (Å²) in [5.41, 5.74) is 2.09. The topological polar surface area (TPSA) is 71.1 Å². The molecule has 142 valence electrons. The largest absolute Gasteiger partial charge is 0.349 e. The third-order valence-electron chi connectivity index (χ3n) is 5.04. The minimum absolute atomic E-state index is 0.0443. The van der Waals surface area contributed by atoms with Crippen molar-refractivity contribution in [2.24, 2.45) is 0 Å². The highest BCUT2D eigenvalue weighted by atomic mass is 16.2. The van der Waals surface area contributed by atoms with E-state index in [0.717, 1.165) is 31.4 Å². The number of amides is 2. The Kier molecular flexibility index (Phi) is 6.58. The molecule has 1 heterocycles. The van der Waals surface area contributed by atoms with Gasteiger partial charge in [-0.05, 0) is 55.7 Å². The molecule has 3 rings (SSSR count). The summed E-state index contributed by atoms with van der Waals surface area (Å²) in [7, 11) is 0. The molecule has 1 unspecified atom stereocenters. The van der Waals surface area contributed by atoms with Gasteiger partial charge in [0.1, 0.15) is 0 Å². The van der Waals surface area contributed by atoms with Crippen LogP contribution in [-0.2, 0) is 4.79 Å². The molecule has 1 aliphatic rings. The standard InChI is InChI=1S/C22H27N3O2/c1-2-7-19(20-10-5-6-15-23-20)22(27)25-18-13-11-16(12-14-18)21(26)24-17-8-3-4-9-17/h5-6,10-15,17,19H,2-4,7-9H2,1H3,(H,24,26)(H,25,27). The van der Waals surface area contributed by atoms with Gasteiger partial charge in [-0.25, -0.2) is 0 Å². The number of hydrogen-bond donors (Lipinski definition) is 2. The fourth-order valence-corrected chi connectivity index (χ4v) is 3.56. The Hall–Kier alpha value is -2.69. The van der Waals surface area contributed by atoms with E-state index >= 15 is 0 Å². The minimum Gasteiger partial charge on any atom is -0.349 e. The van der Waals surface area contributed by atoms with Crippen molar-refractivity contribution in [3.63, 3.8) is 0 Å². The molecule has 1 aromatic carbocycles. The third kappa shape index (κ3) is 5.16. The molecule has 2 aromatic rings. The molecule has 2 amide bonds. The lowest BCUT2D eigenvalue weighted by molar-refractivity contribution is -0.117. The van der Waals surface area contributed by atoms with Gasteiger partial charge in [0.25, 0.3) is 5.91 Å². The summed E-state index contributed by atoms with van der Waals surface area (Å²) in [5, 5.41) is 6.03. The lowest BCUT2D eigenvalue weighted by Gasteiger charge is -2.16. The molecule has 1 atom stereocenters. The van der Waals surface area contributed by atoms with Crippen LogP contribution in [0.3, 0.4) is 0 Å². The third-order valence-corrected chi connectivity index (χ3v) is 5.04. The fraction of sp³-hybridized carbons (Fsp3) is 0.409. The Morgan fingerprint density at radius 1 is 1.11 bits per heavy atom. The smallest absolute Gasteiger partial charge is 0.251 e. The molecule has 2 N–H and O–H groups in total. The highest BCUT2D eigenvalue weighted by Gasteiger charge is 2.21. The Morgan fingerprint density at radius 3 is 2.48 bits per heavy atom. The number of benzene rings is 1. The van der Waals surface area contributed by atoms with E-state index in [2.05, 4.69) is 22.5 Å². The van der Waals surface area contributed by atoms with Crippen LogP contribution >= 0.6 is 0 Å². The lowest BCUT2D eigenvalue weighted by atomic mass is 9.98. The highest BCUT2D eigenvalue weighted by Crippen LogP contribution is 2.22. The maximum atomic E-state index is 12.7. The van der Waals surface area contributed by atoms with Crippen LogP contribution in [0.4, 0.5) is 5.69 Å².